The van der Waals surface area contributed by atoms with Crippen molar-refractivity contribution in [3.8, 4) is 0 Å². The van der Waals surface area contributed by atoms with E-state index in [1.807, 2.05) is 19.3 Å². The van der Waals surface area contributed by atoms with Crippen LogP contribution in [0.15, 0.2) is 16.9 Å². The molecular weight excluding hydrogens is 344 g/mol. The molecule has 1 spiro atoms. The number of ether oxygens (including phenoxy) is 1. The molecule has 0 unspecified atom stereocenters. The van der Waals surface area contributed by atoms with E-state index in [2.05, 4.69) is 36.8 Å². The highest BCUT2D eigenvalue weighted by molar-refractivity contribution is 5.11. The van der Waals surface area contributed by atoms with Crippen LogP contribution >= 0.6 is 0 Å². The molecule has 3 heterocycles. The summed E-state index contributed by atoms with van der Waals surface area (Å²) >= 11 is 0. The molecule has 148 valence electrons. The van der Waals surface area contributed by atoms with Gasteiger partial charge < -0.3 is 19.1 Å². The van der Waals surface area contributed by atoms with Crippen LogP contribution in [0.2, 0.25) is 0 Å². The number of nitrogens with zero attached hydrogens (tertiary/aromatic N) is 5. The predicted molar refractivity (Wildman–Crippen MR) is 99.8 cm³/mol. The Morgan fingerprint density at radius 1 is 1.41 bits per heavy atom. The summed E-state index contributed by atoms with van der Waals surface area (Å²) in [6, 6.07) is 0.553. The molecule has 1 aliphatic heterocycles. The summed E-state index contributed by atoms with van der Waals surface area (Å²) in [6.45, 7) is 8.69. The van der Waals surface area contributed by atoms with Gasteiger partial charge in [-0.1, -0.05) is 5.16 Å². The first-order chi connectivity index (χ1) is 13.1. The van der Waals surface area contributed by atoms with Crippen LogP contribution < -0.4 is 5.32 Å². The third kappa shape index (κ3) is 3.79. The van der Waals surface area contributed by atoms with Gasteiger partial charge in [-0.2, -0.15) is 4.98 Å². The van der Waals surface area contributed by atoms with Gasteiger partial charge in [0.1, 0.15) is 11.9 Å². The van der Waals surface area contributed by atoms with Gasteiger partial charge in [0.2, 0.25) is 5.89 Å². The molecule has 4 rings (SSSR count). The standard InChI is InChI=1S/C19H30N6O2/c1-4-24-10-9-21-16(24)12-25(15-11-19(15)5-7-20-8-6-19)13-17-22-18(23-27-17)14(2)26-3/h9-10,14-15,20H,4-8,11-13H2,1-3H3/t14-,15+/m0/s1. The lowest BCUT2D eigenvalue weighted by Gasteiger charge is -2.28. The Kier molecular flexibility index (Phi) is 5.29. The van der Waals surface area contributed by atoms with Gasteiger partial charge in [-0.05, 0) is 51.6 Å². The molecule has 1 saturated heterocycles. The molecule has 2 fully saturated rings. The van der Waals surface area contributed by atoms with Crippen LogP contribution in [-0.2, 0) is 24.4 Å². The van der Waals surface area contributed by atoms with E-state index in [-0.39, 0.29) is 6.10 Å². The van der Waals surface area contributed by atoms with Crippen molar-refractivity contribution in [2.45, 2.75) is 64.9 Å². The second-order valence-corrected chi connectivity index (χ2v) is 7.79. The SMILES string of the molecule is CCn1ccnc1CN(Cc1nc([C@H](C)OC)no1)[C@@H]1CC12CCNCC2. The monoisotopic (exact) mass is 374 g/mol. The molecule has 2 aliphatic rings. The minimum Gasteiger partial charge on any atom is -0.374 e. The maximum Gasteiger partial charge on any atom is 0.240 e. The summed E-state index contributed by atoms with van der Waals surface area (Å²) < 4.78 is 13.0. The van der Waals surface area contributed by atoms with Crippen molar-refractivity contribution in [1.82, 2.24) is 29.9 Å². The number of methoxy groups -OCH3 is 1. The molecule has 1 N–H and O–H groups in total. The maximum atomic E-state index is 5.53. The highest BCUT2D eigenvalue weighted by Crippen LogP contribution is 2.56. The van der Waals surface area contributed by atoms with Crippen LogP contribution in [0.25, 0.3) is 0 Å². The lowest BCUT2D eigenvalue weighted by atomic mass is 9.93. The van der Waals surface area contributed by atoms with E-state index in [0.717, 1.165) is 32.0 Å². The van der Waals surface area contributed by atoms with Crippen molar-refractivity contribution < 1.29 is 9.26 Å². The van der Waals surface area contributed by atoms with Gasteiger partial charge in [-0.3, -0.25) is 4.90 Å². The fraction of sp³-hybridized carbons (Fsp3) is 0.737. The molecule has 0 amide bonds. The Labute approximate surface area is 160 Å². The zero-order chi connectivity index (χ0) is 18.9. The average molecular weight is 374 g/mol. The van der Waals surface area contributed by atoms with Crippen LogP contribution in [0, 0.1) is 5.41 Å². The molecule has 27 heavy (non-hydrogen) atoms. The number of rotatable bonds is 8. The number of hydrogen-bond acceptors (Lipinski definition) is 7. The lowest BCUT2D eigenvalue weighted by molar-refractivity contribution is 0.109. The van der Waals surface area contributed by atoms with Gasteiger partial charge in [0.25, 0.3) is 0 Å². The second kappa shape index (κ2) is 7.69. The number of aryl methyl sites for hydroxylation is 1. The summed E-state index contributed by atoms with van der Waals surface area (Å²) in [7, 11) is 1.66. The van der Waals surface area contributed by atoms with Gasteiger partial charge in [0, 0.05) is 32.1 Å². The fourth-order valence-corrected chi connectivity index (χ4v) is 4.32. The Hall–Kier alpha value is -1.77. The van der Waals surface area contributed by atoms with Crippen molar-refractivity contribution in [2.24, 2.45) is 5.41 Å². The molecule has 2 aromatic heterocycles. The fourth-order valence-electron chi connectivity index (χ4n) is 4.32. The van der Waals surface area contributed by atoms with E-state index in [9.17, 15) is 0 Å². The summed E-state index contributed by atoms with van der Waals surface area (Å²) in [6.07, 6.45) is 7.50. The molecule has 2 atom stereocenters. The maximum absolute atomic E-state index is 5.53. The number of piperidine rings is 1. The van der Waals surface area contributed by atoms with Crippen LogP contribution in [0.1, 0.15) is 56.8 Å². The smallest absolute Gasteiger partial charge is 0.240 e. The van der Waals surface area contributed by atoms with Gasteiger partial charge >= 0.3 is 0 Å². The highest BCUT2D eigenvalue weighted by Gasteiger charge is 2.56. The summed E-state index contributed by atoms with van der Waals surface area (Å²) in [5, 5.41) is 7.57. The van der Waals surface area contributed by atoms with Crippen molar-refractivity contribution in [1.29, 1.82) is 0 Å². The van der Waals surface area contributed by atoms with Gasteiger partial charge in [0.15, 0.2) is 5.82 Å². The zero-order valence-corrected chi connectivity index (χ0v) is 16.5. The van der Waals surface area contributed by atoms with E-state index in [1.54, 1.807) is 7.11 Å². The molecular formula is C19H30N6O2. The Morgan fingerprint density at radius 3 is 2.96 bits per heavy atom. The molecule has 8 nitrogen and oxygen atoms in total. The third-order valence-electron chi connectivity index (χ3n) is 6.21. The Bertz CT molecular complexity index is 751. The molecule has 1 saturated carbocycles. The second-order valence-electron chi connectivity index (χ2n) is 7.79. The van der Waals surface area contributed by atoms with Crippen LogP contribution in [0.3, 0.4) is 0 Å². The summed E-state index contributed by atoms with van der Waals surface area (Å²) in [5.74, 6) is 2.35. The predicted octanol–water partition coefficient (Wildman–Crippen LogP) is 2.14. The topological polar surface area (TPSA) is 81.2 Å². The number of nitrogens with one attached hydrogen (secondary N) is 1. The minimum atomic E-state index is -0.161. The number of aromatic nitrogens is 4. The van der Waals surface area contributed by atoms with E-state index in [0.29, 0.717) is 29.7 Å². The molecule has 1 aliphatic carbocycles. The molecule has 0 bridgehead atoms. The normalized spacial score (nSPS) is 22.4. The first-order valence-electron chi connectivity index (χ1n) is 9.95. The lowest BCUT2D eigenvalue weighted by Crippen LogP contribution is -2.36. The van der Waals surface area contributed by atoms with Crippen molar-refractivity contribution in [3.05, 3.63) is 29.9 Å². The van der Waals surface area contributed by atoms with E-state index in [4.69, 9.17) is 9.26 Å². The molecule has 8 heteroatoms. The van der Waals surface area contributed by atoms with Crippen molar-refractivity contribution >= 4 is 0 Å². The highest BCUT2D eigenvalue weighted by atomic mass is 16.5. The van der Waals surface area contributed by atoms with Gasteiger partial charge in [0.05, 0.1) is 13.1 Å². The molecule has 0 aromatic carbocycles. The van der Waals surface area contributed by atoms with Crippen molar-refractivity contribution in [2.75, 3.05) is 20.2 Å². The first-order valence-corrected chi connectivity index (χ1v) is 9.95. The summed E-state index contributed by atoms with van der Waals surface area (Å²) in [5.41, 5.74) is 0.442. The molecule has 0 radical (unpaired) electrons. The zero-order valence-electron chi connectivity index (χ0n) is 16.5. The number of hydrogen-bond donors (Lipinski definition) is 1. The van der Waals surface area contributed by atoms with Crippen molar-refractivity contribution in [3.63, 3.8) is 0 Å². The Balaban J connectivity index is 1.52. The van der Waals surface area contributed by atoms with Crippen LogP contribution in [-0.4, -0.2) is 50.8 Å². The third-order valence-corrected chi connectivity index (χ3v) is 6.21. The Morgan fingerprint density at radius 2 is 2.22 bits per heavy atom. The average Bonchev–Trinajstić information content (AvgIpc) is 3.06. The quantitative estimate of drug-likeness (QED) is 0.758. The number of imidazole rings is 1. The molecule has 2 aromatic rings. The van der Waals surface area contributed by atoms with Gasteiger partial charge in [-0.15, -0.1) is 0 Å². The first kappa shape index (κ1) is 18.6. The van der Waals surface area contributed by atoms with E-state index < -0.39 is 0 Å². The van der Waals surface area contributed by atoms with E-state index in [1.165, 1.54) is 19.3 Å². The van der Waals surface area contributed by atoms with Crippen LogP contribution in [0.4, 0.5) is 0 Å². The minimum absolute atomic E-state index is 0.161. The van der Waals surface area contributed by atoms with Gasteiger partial charge in [-0.25, -0.2) is 4.98 Å². The largest absolute Gasteiger partial charge is 0.374 e. The van der Waals surface area contributed by atoms with E-state index >= 15 is 0 Å². The van der Waals surface area contributed by atoms with Crippen LogP contribution in [0.5, 0.6) is 0 Å². The summed E-state index contributed by atoms with van der Waals surface area (Å²) in [4.78, 5) is 11.6.